The third-order valence-electron chi connectivity index (χ3n) is 0. The minimum absolute atomic E-state index is 0. The molecule has 0 amide bonds. The number of hydrogen-bond donors (Lipinski definition) is 0. The monoisotopic (exact) mass is 141 g/mol. The van der Waals surface area contributed by atoms with E-state index in [9.17, 15) is 0 Å². The number of hydrogen-bond acceptors (Lipinski definition) is 1. The summed E-state index contributed by atoms with van der Waals surface area (Å²) >= 11 is 0. The summed E-state index contributed by atoms with van der Waals surface area (Å²) in [4.78, 5) is 0. The van der Waals surface area contributed by atoms with Gasteiger partial charge in [-0.1, -0.05) is 0 Å². The Morgan fingerprint density at radius 1 is 1.25 bits per heavy atom. The zero-order valence-corrected chi connectivity index (χ0v) is 3.87. The van der Waals surface area contributed by atoms with E-state index < -0.39 is 0 Å². The fraction of sp³-hybridized carbons (Fsp3) is 0. The molecule has 0 heterocycles. The number of nitrogens with zero attached hydrogens (tertiary/aromatic N) is 1. The van der Waals surface area contributed by atoms with Crippen molar-refractivity contribution in [3.8, 4) is 0 Å². The molecule has 0 bridgehead atoms. The maximum atomic E-state index is 6.25. The first-order valence-corrected chi connectivity index (χ1v) is 0.224. The van der Waals surface area contributed by atoms with Gasteiger partial charge in [-0.05, 0) is 0 Å². The Bertz CT molecular complexity index is 12.8. The molecule has 0 aromatic carbocycles. The second-order valence-corrected chi connectivity index (χ2v) is 0. The number of rotatable bonds is 0. The third kappa shape index (κ3) is 20.6. The van der Waals surface area contributed by atoms with Crippen LogP contribution in [0.5, 0.6) is 0 Å². The van der Waals surface area contributed by atoms with Crippen molar-refractivity contribution >= 4 is 0 Å². The van der Waals surface area contributed by atoms with E-state index in [4.69, 9.17) is 11.8 Å². The predicted molar refractivity (Wildman–Crippen MR) is 4.97 cm³/mol. The van der Waals surface area contributed by atoms with Crippen LogP contribution in [0.4, 0.5) is 0 Å². The summed E-state index contributed by atoms with van der Waals surface area (Å²) in [6.07, 6.45) is 0. The molecule has 0 aromatic heterocycles. The van der Waals surface area contributed by atoms with Crippen LogP contribution in [0.15, 0.2) is 0 Å². The van der Waals surface area contributed by atoms with Crippen molar-refractivity contribution in [2.75, 3.05) is 0 Å². The van der Waals surface area contributed by atoms with Crippen LogP contribution in [0.25, 0.3) is 0 Å². The topological polar surface area (TPSA) is 23.8 Å². The standard InChI is InChI=1S/CN.Cr.Cu/c1-2;;/q-1;;. The molecule has 0 spiro atoms. The smallest absolute Gasteiger partial charge is 0 e. The normalized spacial score (nSPS) is 0.500. The van der Waals surface area contributed by atoms with Gasteiger partial charge in [-0.15, -0.1) is 0 Å². The Morgan fingerprint density at radius 3 is 1.25 bits per heavy atom. The van der Waals surface area contributed by atoms with Crippen LogP contribution in [0.3, 0.4) is 0 Å². The van der Waals surface area contributed by atoms with E-state index >= 15 is 0 Å². The van der Waals surface area contributed by atoms with Crippen LogP contribution in [-0.2, 0) is 34.4 Å². The van der Waals surface area contributed by atoms with Gasteiger partial charge >= 0.3 is 0 Å². The van der Waals surface area contributed by atoms with E-state index in [1.807, 2.05) is 0 Å². The molecular formula is CCrCuN-. The summed E-state index contributed by atoms with van der Waals surface area (Å²) in [5.74, 6) is 0. The van der Waals surface area contributed by atoms with Crippen molar-refractivity contribution in [2.45, 2.75) is 0 Å². The average Bonchev–Trinajstić information content (AvgIpc) is 1.00. The summed E-state index contributed by atoms with van der Waals surface area (Å²) < 4.78 is 0. The SMILES string of the molecule is [C-]#N.[Cr].[Cu]. The van der Waals surface area contributed by atoms with E-state index in [0.717, 1.165) is 0 Å². The second kappa shape index (κ2) is 77.9. The van der Waals surface area contributed by atoms with Crippen LogP contribution < -0.4 is 0 Å². The first-order valence-electron chi connectivity index (χ1n) is 0.224. The maximum absolute atomic E-state index is 6.25. The first kappa shape index (κ1) is 24.0. The van der Waals surface area contributed by atoms with Gasteiger partial charge in [-0.3, -0.25) is 0 Å². The van der Waals surface area contributed by atoms with E-state index in [2.05, 4.69) is 0 Å². The Hall–Kier alpha value is 0.542. The molecule has 0 saturated heterocycles. The summed E-state index contributed by atoms with van der Waals surface area (Å²) in [6.45, 7) is 4.75. The molecule has 0 aliphatic rings. The maximum Gasteiger partial charge on any atom is 0 e. The van der Waals surface area contributed by atoms with Gasteiger partial charge in [-0.25, -0.2) is 0 Å². The molecule has 0 atom stereocenters. The summed E-state index contributed by atoms with van der Waals surface area (Å²) in [5, 5.41) is 6.25. The zero-order chi connectivity index (χ0) is 2.00. The van der Waals surface area contributed by atoms with Crippen molar-refractivity contribution in [1.29, 1.82) is 5.26 Å². The van der Waals surface area contributed by atoms with E-state index in [1.54, 1.807) is 0 Å². The molecule has 4 heavy (non-hydrogen) atoms. The van der Waals surface area contributed by atoms with Crippen molar-refractivity contribution in [3.63, 3.8) is 0 Å². The first-order chi connectivity index (χ1) is 1.00. The van der Waals surface area contributed by atoms with Crippen LogP contribution >= 0.6 is 0 Å². The molecule has 0 saturated carbocycles. The van der Waals surface area contributed by atoms with E-state index in [0.29, 0.717) is 0 Å². The average molecular weight is 142 g/mol. The summed E-state index contributed by atoms with van der Waals surface area (Å²) in [6, 6.07) is 0. The predicted octanol–water partition coefficient (Wildman–Crippen LogP) is 0.0914. The molecule has 0 N–H and O–H groups in total. The van der Waals surface area contributed by atoms with Crippen LogP contribution in [0.2, 0.25) is 0 Å². The molecule has 0 rings (SSSR count). The van der Waals surface area contributed by atoms with Gasteiger partial charge < -0.3 is 11.8 Å². The van der Waals surface area contributed by atoms with Gasteiger partial charge in [-0.2, -0.15) is 0 Å². The van der Waals surface area contributed by atoms with Gasteiger partial charge in [0.15, 0.2) is 0 Å². The fourth-order valence-corrected chi connectivity index (χ4v) is 0. The summed E-state index contributed by atoms with van der Waals surface area (Å²) in [5.41, 5.74) is 0. The molecule has 0 aromatic rings. The Balaban J connectivity index is -0.00000000500. The molecule has 0 aliphatic heterocycles. The zero-order valence-electron chi connectivity index (χ0n) is 1.66. The van der Waals surface area contributed by atoms with Gasteiger partial charge in [0.05, 0.1) is 0 Å². The van der Waals surface area contributed by atoms with Crippen molar-refractivity contribution in [3.05, 3.63) is 6.57 Å². The third-order valence-corrected chi connectivity index (χ3v) is 0. The molecule has 0 aliphatic carbocycles. The van der Waals surface area contributed by atoms with E-state index in [-0.39, 0.29) is 34.4 Å². The quantitative estimate of drug-likeness (QED) is 0.347. The molecule has 0 fully saturated rings. The Kier molecular flexibility index (Phi) is 467. The van der Waals surface area contributed by atoms with Gasteiger partial charge in [0.2, 0.25) is 0 Å². The van der Waals surface area contributed by atoms with Crippen LogP contribution in [0, 0.1) is 11.8 Å². The van der Waals surface area contributed by atoms with Crippen molar-refractivity contribution in [2.24, 2.45) is 0 Å². The molecule has 0 unspecified atom stereocenters. The molecule has 3 heteroatoms. The second-order valence-electron chi connectivity index (χ2n) is 0. The fourth-order valence-electron chi connectivity index (χ4n) is 0. The summed E-state index contributed by atoms with van der Waals surface area (Å²) in [7, 11) is 0. The van der Waals surface area contributed by atoms with Crippen molar-refractivity contribution < 1.29 is 34.4 Å². The van der Waals surface area contributed by atoms with Crippen LogP contribution in [0.1, 0.15) is 0 Å². The van der Waals surface area contributed by atoms with Gasteiger partial charge in [0, 0.05) is 34.4 Å². The molecule has 27 valence electrons. The van der Waals surface area contributed by atoms with Gasteiger partial charge in [0.25, 0.3) is 0 Å². The molecule has 1 nitrogen and oxygen atoms in total. The van der Waals surface area contributed by atoms with Gasteiger partial charge in [0.1, 0.15) is 0 Å². The largest absolute Gasteiger partial charge is 0.512 e. The molecular weight excluding hydrogens is 142 g/mol. The van der Waals surface area contributed by atoms with E-state index in [1.165, 1.54) is 0 Å². The Morgan fingerprint density at radius 2 is 1.25 bits per heavy atom. The minimum Gasteiger partial charge on any atom is -0.512 e. The molecule has 1 radical (unpaired) electrons. The Labute approximate surface area is 46.6 Å². The van der Waals surface area contributed by atoms with Crippen molar-refractivity contribution in [1.82, 2.24) is 0 Å². The van der Waals surface area contributed by atoms with Crippen LogP contribution in [-0.4, -0.2) is 0 Å². The minimum atomic E-state index is 0.